The largest absolute Gasteiger partial charge is 0.394 e. The van der Waals surface area contributed by atoms with Crippen LogP contribution in [-0.2, 0) is 37.9 Å². The van der Waals surface area contributed by atoms with Crippen molar-refractivity contribution in [3.63, 3.8) is 0 Å². The molecule has 11 nitrogen and oxygen atoms in total. The zero-order valence-corrected chi connectivity index (χ0v) is 18.9. The van der Waals surface area contributed by atoms with Crippen molar-refractivity contribution < 1.29 is 53.2 Å². The SMILES string of the molecule is CCOCC1OC(OC)C(OCC)C(OCC)C1OC1OC(CO)C(OC)C(O)C1O. The van der Waals surface area contributed by atoms with Crippen molar-refractivity contribution in [3.05, 3.63) is 0 Å². The normalized spacial score (nSPS) is 41.4. The maximum absolute atomic E-state index is 10.6. The van der Waals surface area contributed by atoms with Gasteiger partial charge in [0.25, 0.3) is 0 Å². The van der Waals surface area contributed by atoms with Crippen LogP contribution in [0, 0.1) is 0 Å². The summed E-state index contributed by atoms with van der Waals surface area (Å²) in [5.74, 6) is 0. The van der Waals surface area contributed by atoms with Gasteiger partial charge in [0.2, 0.25) is 0 Å². The molecule has 2 rings (SSSR count). The molecule has 0 spiro atoms. The van der Waals surface area contributed by atoms with Gasteiger partial charge in [0, 0.05) is 34.0 Å². The van der Waals surface area contributed by atoms with E-state index in [1.165, 1.54) is 14.2 Å². The van der Waals surface area contributed by atoms with Gasteiger partial charge in [0.1, 0.15) is 48.8 Å². The van der Waals surface area contributed by atoms with Gasteiger partial charge in [0.05, 0.1) is 13.2 Å². The molecule has 0 aromatic rings. The number of aliphatic hydroxyl groups excluding tert-OH is 3. The van der Waals surface area contributed by atoms with Gasteiger partial charge in [-0.15, -0.1) is 0 Å². The molecular formula is C20H38O11. The topological polar surface area (TPSA) is 135 Å². The monoisotopic (exact) mass is 454 g/mol. The lowest BCUT2D eigenvalue weighted by atomic mass is 9.96. The van der Waals surface area contributed by atoms with Crippen LogP contribution in [0.5, 0.6) is 0 Å². The number of hydrogen-bond donors (Lipinski definition) is 3. The van der Waals surface area contributed by atoms with E-state index < -0.39 is 68.0 Å². The predicted molar refractivity (Wildman–Crippen MR) is 106 cm³/mol. The summed E-state index contributed by atoms with van der Waals surface area (Å²) in [6, 6.07) is 0. The van der Waals surface area contributed by atoms with E-state index in [0.717, 1.165) is 0 Å². The van der Waals surface area contributed by atoms with Gasteiger partial charge >= 0.3 is 0 Å². The first-order valence-electron chi connectivity index (χ1n) is 10.8. The summed E-state index contributed by atoms with van der Waals surface area (Å²) in [4.78, 5) is 0. The Bertz CT molecular complexity index is 494. The second-order valence-electron chi connectivity index (χ2n) is 7.29. The molecule has 0 bridgehead atoms. The van der Waals surface area contributed by atoms with Crippen LogP contribution >= 0.6 is 0 Å². The highest BCUT2D eigenvalue weighted by atomic mass is 16.8. The highest BCUT2D eigenvalue weighted by molar-refractivity contribution is 4.96. The summed E-state index contributed by atoms with van der Waals surface area (Å²) in [6.07, 6.45) is -9.16. The van der Waals surface area contributed by atoms with Gasteiger partial charge in [-0.1, -0.05) is 0 Å². The van der Waals surface area contributed by atoms with E-state index in [4.69, 9.17) is 37.9 Å². The lowest BCUT2D eigenvalue weighted by Crippen LogP contribution is -2.65. The molecule has 10 atom stereocenters. The smallest absolute Gasteiger partial charge is 0.187 e. The fourth-order valence-electron chi connectivity index (χ4n) is 3.96. The number of hydrogen-bond acceptors (Lipinski definition) is 11. The van der Waals surface area contributed by atoms with Crippen LogP contribution in [-0.4, -0.2) is 124 Å². The van der Waals surface area contributed by atoms with Gasteiger partial charge < -0.3 is 53.2 Å². The summed E-state index contributed by atoms with van der Waals surface area (Å²) in [6.45, 7) is 6.52. The predicted octanol–water partition coefficient (Wildman–Crippen LogP) is -0.956. The lowest BCUT2D eigenvalue weighted by molar-refractivity contribution is -0.365. The number of rotatable bonds is 12. The molecular weight excluding hydrogens is 416 g/mol. The van der Waals surface area contributed by atoms with E-state index in [1.807, 2.05) is 20.8 Å². The molecule has 2 aliphatic heterocycles. The van der Waals surface area contributed by atoms with Crippen molar-refractivity contribution in [1.82, 2.24) is 0 Å². The van der Waals surface area contributed by atoms with Crippen LogP contribution in [0.15, 0.2) is 0 Å². The molecule has 2 saturated heterocycles. The molecule has 10 unspecified atom stereocenters. The summed E-state index contributed by atoms with van der Waals surface area (Å²) < 4.78 is 45.9. The Balaban J connectivity index is 2.29. The fourth-order valence-corrected chi connectivity index (χ4v) is 3.96. The number of methoxy groups -OCH3 is 2. The molecule has 0 aromatic heterocycles. The minimum absolute atomic E-state index is 0.180. The van der Waals surface area contributed by atoms with Gasteiger partial charge in [-0.2, -0.15) is 0 Å². The molecule has 2 fully saturated rings. The minimum Gasteiger partial charge on any atom is -0.394 e. The van der Waals surface area contributed by atoms with Crippen LogP contribution in [0.4, 0.5) is 0 Å². The van der Waals surface area contributed by atoms with Crippen LogP contribution in [0.3, 0.4) is 0 Å². The van der Waals surface area contributed by atoms with Crippen molar-refractivity contribution in [2.75, 3.05) is 47.3 Å². The van der Waals surface area contributed by atoms with E-state index in [9.17, 15) is 15.3 Å². The summed E-state index contributed by atoms with van der Waals surface area (Å²) in [7, 11) is 2.88. The van der Waals surface area contributed by atoms with Gasteiger partial charge in [-0.05, 0) is 20.8 Å². The summed E-state index contributed by atoms with van der Waals surface area (Å²) >= 11 is 0. The summed E-state index contributed by atoms with van der Waals surface area (Å²) in [5, 5.41) is 30.7. The third kappa shape index (κ3) is 6.33. The highest BCUT2D eigenvalue weighted by Crippen LogP contribution is 2.32. The third-order valence-corrected chi connectivity index (χ3v) is 5.41. The minimum atomic E-state index is -1.42. The first-order chi connectivity index (χ1) is 15.0. The Morgan fingerprint density at radius 2 is 1.35 bits per heavy atom. The molecule has 0 saturated carbocycles. The zero-order chi connectivity index (χ0) is 23.0. The van der Waals surface area contributed by atoms with E-state index >= 15 is 0 Å². The van der Waals surface area contributed by atoms with Crippen molar-refractivity contribution in [2.45, 2.75) is 82.2 Å². The standard InChI is InChI=1S/C20H38O11/c1-6-26-10-12-16(17(27-7-2)18(28-8-3)20(25-5)30-12)31-19-14(23)13(22)15(24-4)11(9-21)29-19/h11-23H,6-10H2,1-5H3. The number of aliphatic hydroxyl groups is 3. The number of ether oxygens (including phenoxy) is 8. The van der Waals surface area contributed by atoms with Crippen LogP contribution in [0.25, 0.3) is 0 Å². The molecule has 0 radical (unpaired) electrons. The molecule has 2 aliphatic rings. The van der Waals surface area contributed by atoms with Crippen LogP contribution < -0.4 is 0 Å². The Hall–Kier alpha value is -0.440. The maximum Gasteiger partial charge on any atom is 0.187 e. The van der Waals surface area contributed by atoms with Gasteiger partial charge in [-0.3, -0.25) is 0 Å². The van der Waals surface area contributed by atoms with Crippen LogP contribution in [0.1, 0.15) is 20.8 Å². The van der Waals surface area contributed by atoms with Crippen LogP contribution in [0.2, 0.25) is 0 Å². The molecule has 2 heterocycles. The maximum atomic E-state index is 10.6. The average molecular weight is 455 g/mol. The summed E-state index contributed by atoms with van der Waals surface area (Å²) in [5.41, 5.74) is 0. The Morgan fingerprint density at radius 3 is 1.90 bits per heavy atom. The molecule has 184 valence electrons. The Kier molecular flexibility index (Phi) is 11.5. The average Bonchev–Trinajstić information content (AvgIpc) is 2.77. The molecule has 0 aliphatic carbocycles. The van der Waals surface area contributed by atoms with E-state index in [0.29, 0.717) is 19.8 Å². The van der Waals surface area contributed by atoms with Gasteiger partial charge in [-0.25, -0.2) is 0 Å². The quantitative estimate of drug-likeness (QED) is 0.337. The Labute approximate surface area is 183 Å². The highest BCUT2D eigenvalue weighted by Gasteiger charge is 2.52. The first-order valence-corrected chi connectivity index (χ1v) is 10.8. The second-order valence-corrected chi connectivity index (χ2v) is 7.29. The second kappa shape index (κ2) is 13.3. The molecule has 3 N–H and O–H groups in total. The molecule has 31 heavy (non-hydrogen) atoms. The van der Waals surface area contributed by atoms with Gasteiger partial charge in [0.15, 0.2) is 12.6 Å². The third-order valence-electron chi connectivity index (χ3n) is 5.41. The fraction of sp³-hybridized carbons (Fsp3) is 1.00. The lowest BCUT2D eigenvalue weighted by Gasteiger charge is -2.48. The Morgan fingerprint density at radius 1 is 0.710 bits per heavy atom. The van der Waals surface area contributed by atoms with E-state index in [-0.39, 0.29) is 6.61 Å². The molecule has 11 heteroatoms. The van der Waals surface area contributed by atoms with Crippen molar-refractivity contribution in [2.24, 2.45) is 0 Å². The van der Waals surface area contributed by atoms with E-state index in [1.54, 1.807) is 0 Å². The first kappa shape index (κ1) is 26.8. The van der Waals surface area contributed by atoms with Crippen molar-refractivity contribution in [3.8, 4) is 0 Å². The molecule has 0 amide bonds. The molecule has 0 aromatic carbocycles. The van der Waals surface area contributed by atoms with E-state index in [2.05, 4.69) is 0 Å². The van der Waals surface area contributed by atoms with Crippen molar-refractivity contribution >= 4 is 0 Å². The van der Waals surface area contributed by atoms with Crippen molar-refractivity contribution in [1.29, 1.82) is 0 Å². The zero-order valence-electron chi connectivity index (χ0n) is 18.9.